The molecule has 1 aromatic heterocycles. The number of aromatic carboxylic acids is 1. The highest BCUT2D eigenvalue weighted by Gasteiger charge is 2.23. The molecule has 1 aliphatic heterocycles. The number of hydrogen-bond donors (Lipinski definition) is 1. The lowest BCUT2D eigenvalue weighted by molar-refractivity contribution is -0.118. The molecule has 0 unspecified atom stereocenters. The molecule has 0 spiro atoms. The van der Waals surface area contributed by atoms with Crippen molar-refractivity contribution >= 4 is 17.6 Å². The van der Waals surface area contributed by atoms with E-state index in [4.69, 9.17) is 5.11 Å². The lowest BCUT2D eigenvalue weighted by atomic mass is 10.0. The van der Waals surface area contributed by atoms with Gasteiger partial charge in [-0.2, -0.15) is 0 Å². The highest BCUT2D eigenvalue weighted by atomic mass is 16.4. The number of carbonyl (C=O) groups is 2. The smallest absolute Gasteiger partial charge is 0.373 e. The summed E-state index contributed by atoms with van der Waals surface area (Å²) in [6, 6.07) is 5.84. The van der Waals surface area contributed by atoms with E-state index in [-0.39, 0.29) is 11.7 Å². The maximum absolute atomic E-state index is 11.9. The minimum absolute atomic E-state index is 0.126. The molecule has 2 aromatic rings. The van der Waals surface area contributed by atoms with Crippen LogP contribution in [0.4, 0.5) is 5.69 Å². The predicted molar refractivity (Wildman–Crippen MR) is 92.1 cm³/mol. The van der Waals surface area contributed by atoms with Crippen LogP contribution in [0.25, 0.3) is 11.1 Å². The van der Waals surface area contributed by atoms with E-state index < -0.39 is 5.97 Å². The van der Waals surface area contributed by atoms with E-state index in [1.807, 2.05) is 43.9 Å². The van der Waals surface area contributed by atoms with Crippen molar-refractivity contribution in [3.63, 3.8) is 0 Å². The molecule has 0 bridgehead atoms. The summed E-state index contributed by atoms with van der Waals surface area (Å²) in [5.41, 5.74) is 3.75. The number of aromatic nitrogens is 2. The molecule has 6 heteroatoms. The summed E-state index contributed by atoms with van der Waals surface area (Å²) < 4.78 is 0. The maximum atomic E-state index is 11.9. The molecule has 0 radical (unpaired) electrons. The van der Waals surface area contributed by atoms with Crippen molar-refractivity contribution in [1.29, 1.82) is 0 Å². The molecule has 24 heavy (non-hydrogen) atoms. The van der Waals surface area contributed by atoms with Crippen molar-refractivity contribution < 1.29 is 14.7 Å². The van der Waals surface area contributed by atoms with Crippen LogP contribution in [0.1, 0.15) is 43.4 Å². The molecule has 3 rings (SSSR count). The van der Waals surface area contributed by atoms with Crippen molar-refractivity contribution in [3.8, 4) is 11.1 Å². The number of fused-ring (bicyclic) bond motifs is 1. The largest absolute Gasteiger partial charge is 0.475 e. The normalized spacial score (nSPS) is 12.2. The number of rotatable bonds is 3. The third-order valence-corrected chi connectivity index (χ3v) is 3.76. The second-order valence-electron chi connectivity index (χ2n) is 5.09. The minimum atomic E-state index is -1.14. The number of carboxylic acid groups (broad SMARTS) is 1. The summed E-state index contributed by atoms with van der Waals surface area (Å²) in [6.07, 6.45) is 4.32. The van der Waals surface area contributed by atoms with Gasteiger partial charge in [-0.15, -0.1) is 0 Å². The van der Waals surface area contributed by atoms with Crippen molar-refractivity contribution in [3.05, 3.63) is 42.0 Å². The van der Waals surface area contributed by atoms with Crippen LogP contribution in [0.2, 0.25) is 0 Å². The third-order valence-electron chi connectivity index (χ3n) is 3.76. The molecule has 1 amide bonds. The molecule has 1 N–H and O–H groups in total. The van der Waals surface area contributed by atoms with Crippen molar-refractivity contribution in [2.24, 2.45) is 0 Å². The van der Waals surface area contributed by atoms with E-state index in [0.29, 0.717) is 13.0 Å². The van der Waals surface area contributed by atoms with E-state index in [1.165, 1.54) is 12.4 Å². The Labute approximate surface area is 141 Å². The zero-order chi connectivity index (χ0) is 17.7. The van der Waals surface area contributed by atoms with Gasteiger partial charge in [0.2, 0.25) is 11.7 Å². The Morgan fingerprint density at radius 1 is 1.17 bits per heavy atom. The Hall–Kier alpha value is -2.76. The molecule has 6 nitrogen and oxygen atoms in total. The third kappa shape index (κ3) is 3.42. The first-order valence-electron chi connectivity index (χ1n) is 8.09. The zero-order valence-corrected chi connectivity index (χ0v) is 14.1. The Kier molecular flexibility index (Phi) is 5.63. The lowest BCUT2D eigenvalue weighted by Gasteiger charge is -2.16. The Bertz CT molecular complexity index is 742. The highest BCUT2D eigenvalue weighted by molar-refractivity contribution is 5.95. The van der Waals surface area contributed by atoms with Gasteiger partial charge in [-0.3, -0.25) is 4.79 Å². The summed E-state index contributed by atoms with van der Waals surface area (Å²) in [4.78, 5) is 32.1. The van der Waals surface area contributed by atoms with Crippen LogP contribution in [-0.2, 0) is 11.2 Å². The fourth-order valence-corrected chi connectivity index (χ4v) is 2.62. The molecular formula is C18H21N3O3. The van der Waals surface area contributed by atoms with E-state index in [2.05, 4.69) is 9.97 Å². The van der Waals surface area contributed by atoms with Gasteiger partial charge in [0.25, 0.3) is 0 Å². The van der Waals surface area contributed by atoms with E-state index in [9.17, 15) is 9.59 Å². The molecule has 0 atom stereocenters. The number of hydrogen-bond acceptors (Lipinski definition) is 4. The second-order valence-corrected chi connectivity index (χ2v) is 5.09. The first-order valence-corrected chi connectivity index (χ1v) is 8.09. The topological polar surface area (TPSA) is 83.4 Å². The van der Waals surface area contributed by atoms with Gasteiger partial charge < -0.3 is 10.0 Å². The van der Waals surface area contributed by atoms with Crippen molar-refractivity contribution in [1.82, 2.24) is 9.97 Å². The van der Waals surface area contributed by atoms with Gasteiger partial charge >= 0.3 is 5.97 Å². The molecular weight excluding hydrogens is 306 g/mol. The van der Waals surface area contributed by atoms with E-state index >= 15 is 0 Å². The number of nitrogens with zero attached hydrogens (tertiary/aromatic N) is 3. The van der Waals surface area contributed by atoms with Gasteiger partial charge in [0.15, 0.2) is 0 Å². The van der Waals surface area contributed by atoms with Crippen LogP contribution in [0.3, 0.4) is 0 Å². The molecule has 0 aliphatic carbocycles. The molecule has 0 saturated carbocycles. The second kappa shape index (κ2) is 7.68. The van der Waals surface area contributed by atoms with Crippen LogP contribution < -0.4 is 4.90 Å². The highest BCUT2D eigenvalue weighted by Crippen LogP contribution is 2.32. The SMILES string of the molecule is CC.CCC(=O)N1CCc2cc(-c3cnc(C(=O)O)nc3)ccc21. The summed E-state index contributed by atoms with van der Waals surface area (Å²) in [5.74, 6) is -1.24. The van der Waals surface area contributed by atoms with Crippen LogP contribution in [0, 0.1) is 0 Å². The van der Waals surface area contributed by atoms with Gasteiger partial charge in [-0.05, 0) is 29.7 Å². The van der Waals surface area contributed by atoms with Gasteiger partial charge in [0, 0.05) is 36.6 Å². The van der Waals surface area contributed by atoms with Gasteiger partial charge in [0.05, 0.1) is 0 Å². The summed E-state index contributed by atoms with van der Waals surface area (Å²) >= 11 is 0. The zero-order valence-electron chi connectivity index (χ0n) is 14.1. The minimum Gasteiger partial charge on any atom is -0.475 e. The van der Waals surface area contributed by atoms with Gasteiger partial charge in [-0.1, -0.05) is 26.8 Å². The first kappa shape index (κ1) is 17.6. The summed E-state index contributed by atoms with van der Waals surface area (Å²) in [7, 11) is 0. The monoisotopic (exact) mass is 327 g/mol. The molecule has 1 aromatic carbocycles. The lowest BCUT2D eigenvalue weighted by Crippen LogP contribution is -2.27. The fraction of sp³-hybridized carbons (Fsp3) is 0.333. The number of amides is 1. The van der Waals surface area contributed by atoms with Crippen LogP contribution in [0.15, 0.2) is 30.6 Å². The molecule has 0 saturated heterocycles. The summed E-state index contributed by atoms with van der Waals surface area (Å²) in [6.45, 7) is 6.57. The van der Waals surface area contributed by atoms with E-state index in [0.717, 1.165) is 28.8 Å². The van der Waals surface area contributed by atoms with Crippen LogP contribution >= 0.6 is 0 Å². The number of carbonyl (C=O) groups excluding carboxylic acids is 1. The standard InChI is InChI=1S/C16H15N3O3.C2H6/c1-2-14(20)19-6-5-11-7-10(3-4-13(11)19)12-8-17-15(16(21)22)18-9-12;1-2/h3-4,7-9H,2,5-6H2,1H3,(H,21,22);1-2H3. The molecule has 2 heterocycles. The number of anilines is 1. The molecule has 1 aliphatic rings. The average molecular weight is 327 g/mol. The van der Waals surface area contributed by atoms with Gasteiger partial charge in [0.1, 0.15) is 0 Å². The van der Waals surface area contributed by atoms with Crippen LogP contribution in [0.5, 0.6) is 0 Å². The average Bonchev–Trinajstić information content (AvgIpc) is 3.06. The predicted octanol–water partition coefficient (Wildman–Crippen LogP) is 3.17. The maximum Gasteiger partial charge on any atom is 0.373 e. The Balaban J connectivity index is 0.00000100. The van der Waals surface area contributed by atoms with Gasteiger partial charge in [-0.25, -0.2) is 14.8 Å². The quantitative estimate of drug-likeness (QED) is 0.936. The molecule has 0 fully saturated rings. The van der Waals surface area contributed by atoms with Crippen molar-refractivity contribution in [2.75, 3.05) is 11.4 Å². The fourth-order valence-electron chi connectivity index (χ4n) is 2.62. The van der Waals surface area contributed by atoms with E-state index in [1.54, 1.807) is 0 Å². The van der Waals surface area contributed by atoms with Crippen LogP contribution in [-0.4, -0.2) is 33.5 Å². The Morgan fingerprint density at radius 3 is 2.42 bits per heavy atom. The summed E-state index contributed by atoms with van der Waals surface area (Å²) in [5, 5.41) is 8.82. The number of benzene rings is 1. The van der Waals surface area contributed by atoms with Crippen molar-refractivity contribution in [2.45, 2.75) is 33.6 Å². The number of carboxylic acids is 1. The molecule has 126 valence electrons. The first-order chi connectivity index (χ1) is 11.6. The Morgan fingerprint density at radius 2 is 1.83 bits per heavy atom.